The number of carboxylic acids is 1. The molecule has 0 spiro atoms. The van der Waals surface area contributed by atoms with Crippen LogP contribution in [0.3, 0.4) is 0 Å². The van der Waals surface area contributed by atoms with E-state index in [-0.39, 0.29) is 5.52 Å². The van der Waals surface area contributed by atoms with Gasteiger partial charge in [-0.1, -0.05) is 12.1 Å². The smallest absolute Gasteiger partial charge is 0.341 e. The molecule has 32 heavy (non-hydrogen) atoms. The minimum Gasteiger partial charge on any atom is -0.481 e. The molecule has 0 saturated heterocycles. The van der Waals surface area contributed by atoms with Gasteiger partial charge in [0, 0.05) is 29.4 Å². The van der Waals surface area contributed by atoms with Crippen molar-refractivity contribution in [3.05, 3.63) is 83.1 Å². The number of carbonyl (C=O) groups is 1. The van der Waals surface area contributed by atoms with Gasteiger partial charge in [-0.05, 0) is 73.2 Å². The maximum absolute atomic E-state index is 14.7. The molecule has 0 atom stereocenters. The predicted octanol–water partition coefficient (Wildman–Crippen LogP) is 4.80. The zero-order valence-corrected chi connectivity index (χ0v) is 17.6. The van der Waals surface area contributed by atoms with Crippen molar-refractivity contribution >= 4 is 16.9 Å². The molecule has 0 amide bonds. The summed E-state index contributed by atoms with van der Waals surface area (Å²) in [6.45, 7) is 1.45. The first kappa shape index (κ1) is 20.2. The summed E-state index contributed by atoms with van der Waals surface area (Å²) in [7, 11) is 0. The lowest BCUT2D eigenvalue weighted by atomic mass is 9.93. The SMILES string of the molecule is Cc1c(Cc2ccc(-n3cccn3)cc2)c(C2CC2)nc2c(F)ccc(OCC(=O)O)c12. The Kier molecular flexibility index (Phi) is 5.09. The monoisotopic (exact) mass is 431 g/mol. The molecule has 1 fully saturated rings. The van der Waals surface area contributed by atoms with Crippen LogP contribution in [0.25, 0.3) is 16.6 Å². The third-order valence-corrected chi connectivity index (χ3v) is 5.86. The fourth-order valence-corrected chi connectivity index (χ4v) is 4.12. The molecule has 162 valence electrons. The van der Waals surface area contributed by atoms with E-state index in [0.717, 1.165) is 40.9 Å². The van der Waals surface area contributed by atoms with Crippen LogP contribution in [0.1, 0.15) is 41.1 Å². The Hall–Kier alpha value is -3.74. The van der Waals surface area contributed by atoms with Gasteiger partial charge in [-0.25, -0.2) is 18.9 Å². The number of ether oxygens (including phenoxy) is 1. The van der Waals surface area contributed by atoms with Crippen LogP contribution in [0.15, 0.2) is 54.9 Å². The molecule has 2 heterocycles. The summed E-state index contributed by atoms with van der Waals surface area (Å²) in [6.07, 6.45) is 6.36. The summed E-state index contributed by atoms with van der Waals surface area (Å²) in [5.41, 5.74) is 5.19. The number of hydrogen-bond donors (Lipinski definition) is 1. The minimum absolute atomic E-state index is 0.241. The van der Waals surface area contributed by atoms with Crippen LogP contribution in [0.2, 0.25) is 0 Å². The number of fused-ring (bicyclic) bond motifs is 1. The summed E-state index contributed by atoms with van der Waals surface area (Å²) in [5, 5.41) is 13.8. The van der Waals surface area contributed by atoms with Crippen LogP contribution in [-0.2, 0) is 11.2 Å². The molecule has 2 aromatic carbocycles. The number of hydrogen-bond acceptors (Lipinski definition) is 4. The lowest BCUT2D eigenvalue weighted by Gasteiger charge is -2.18. The van der Waals surface area contributed by atoms with Crippen molar-refractivity contribution in [1.29, 1.82) is 0 Å². The predicted molar refractivity (Wildman–Crippen MR) is 118 cm³/mol. The van der Waals surface area contributed by atoms with E-state index in [2.05, 4.69) is 17.2 Å². The molecule has 0 bridgehead atoms. The highest BCUT2D eigenvalue weighted by Gasteiger charge is 2.30. The third-order valence-electron chi connectivity index (χ3n) is 5.86. The molecule has 1 aliphatic rings. The quantitative estimate of drug-likeness (QED) is 0.455. The van der Waals surface area contributed by atoms with Crippen LogP contribution in [0, 0.1) is 12.7 Å². The first-order valence-electron chi connectivity index (χ1n) is 10.6. The molecular weight excluding hydrogens is 409 g/mol. The number of aliphatic carboxylic acids is 1. The van der Waals surface area contributed by atoms with Gasteiger partial charge in [0.05, 0.1) is 5.69 Å². The van der Waals surface area contributed by atoms with Gasteiger partial charge >= 0.3 is 5.97 Å². The number of rotatable bonds is 7. The second-order valence-corrected chi connectivity index (χ2v) is 8.12. The van der Waals surface area contributed by atoms with Crippen LogP contribution in [0.5, 0.6) is 5.75 Å². The van der Waals surface area contributed by atoms with Gasteiger partial charge in [-0.3, -0.25) is 0 Å². The van der Waals surface area contributed by atoms with E-state index in [1.54, 1.807) is 10.9 Å². The van der Waals surface area contributed by atoms with Crippen molar-refractivity contribution < 1.29 is 19.0 Å². The first-order valence-corrected chi connectivity index (χ1v) is 10.6. The molecule has 2 aromatic heterocycles. The van der Waals surface area contributed by atoms with Gasteiger partial charge in [0.15, 0.2) is 6.61 Å². The van der Waals surface area contributed by atoms with Crippen molar-refractivity contribution in [2.24, 2.45) is 0 Å². The van der Waals surface area contributed by atoms with Crippen molar-refractivity contribution in [1.82, 2.24) is 14.8 Å². The number of pyridine rings is 1. The van der Waals surface area contributed by atoms with Gasteiger partial charge < -0.3 is 9.84 Å². The Labute approximate surface area is 184 Å². The summed E-state index contributed by atoms with van der Waals surface area (Å²) in [5.74, 6) is -0.839. The Balaban J connectivity index is 1.58. The van der Waals surface area contributed by atoms with Crippen molar-refractivity contribution in [2.45, 2.75) is 32.1 Å². The van der Waals surface area contributed by atoms with Crippen molar-refractivity contribution in [3.8, 4) is 11.4 Å². The van der Waals surface area contributed by atoms with E-state index < -0.39 is 18.4 Å². The number of aromatic nitrogens is 3. The van der Waals surface area contributed by atoms with E-state index in [0.29, 0.717) is 23.5 Å². The van der Waals surface area contributed by atoms with E-state index in [1.165, 1.54) is 12.1 Å². The second kappa shape index (κ2) is 8.07. The fraction of sp³-hybridized carbons (Fsp3) is 0.240. The third kappa shape index (κ3) is 3.82. The molecular formula is C25H22FN3O3. The topological polar surface area (TPSA) is 77.2 Å². The average molecular weight is 431 g/mol. The molecule has 0 radical (unpaired) electrons. The van der Waals surface area contributed by atoms with Gasteiger partial charge in [-0.2, -0.15) is 5.10 Å². The molecule has 1 aliphatic carbocycles. The Morgan fingerprint density at radius 1 is 1.22 bits per heavy atom. The summed E-state index contributed by atoms with van der Waals surface area (Å²) in [6, 6.07) is 12.8. The molecule has 0 unspecified atom stereocenters. The number of aryl methyl sites for hydroxylation is 1. The van der Waals surface area contributed by atoms with Crippen molar-refractivity contribution in [3.63, 3.8) is 0 Å². The highest BCUT2D eigenvalue weighted by molar-refractivity contribution is 5.90. The van der Waals surface area contributed by atoms with Gasteiger partial charge in [0.2, 0.25) is 0 Å². The normalized spacial score (nSPS) is 13.4. The number of nitrogens with zero attached hydrogens (tertiary/aromatic N) is 3. The zero-order chi connectivity index (χ0) is 22.2. The lowest BCUT2D eigenvalue weighted by Crippen LogP contribution is -2.11. The maximum atomic E-state index is 14.7. The largest absolute Gasteiger partial charge is 0.481 e. The Morgan fingerprint density at radius 3 is 2.66 bits per heavy atom. The Bertz CT molecular complexity index is 1300. The van der Waals surface area contributed by atoms with E-state index in [9.17, 15) is 9.18 Å². The highest BCUT2D eigenvalue weighted by Crippen LogP contribution is 2.44. The summed E-state index contributed by atoms with van der Waals surface area (Å²) >= 11 is 0. The number of carboxylic acid groups (broad SMARTS) is 1. The number of benzene rings is 2. The fourth-order valence-electron chi connectivity index (χ4n) is 4.12. The Morgan fingerprint density at radius 2 is 2.00 bits per heavy atom. The van der Waals surface area contributed by atoms with Crippen molar-refractivity contribution in [2.75, 3.05) is 6.61 Å². The first-order chi connectivity index (χ1) is 15.5. The van der Waals surface area contributed by atoms with Gasteiger partial charge in [-0.15, -0.1) is 0 Å². The van der Waals surface area contributed by atoms with Crippen LogP contribution >= 0.6 is 0 Å². The van der Waals surface area contributed by atoms with E-state index >= 15 is 0 Å². The minimum atomic E-state index is -1.08. The average Bonchev–Trinajstić information content (AvgIpc) is 3.48. The van der Waals surface area contributed by atoms with Crippen LogP contribution in [-0.4, -0.2) is 32.4 Å². The molecule has 7 heteroatoms. The van der Waals surface area contributed by atoms with E-state index in [4.69, 9.17) is 14.8 Å². The summed E-state index contributed by atoms with van der Waals surface area (Å²) < 4.78 is 22.0. The van der Waals surface area contributed by atoms with Crippen LogP contribution < -0.4 is 4.74 Å². The maximum Gasteiger partial charge on any atom is 0.341 e. The van der Waals surface area contributed by atoms with Gasteiger partial charge in [0.25, 0.3) is 0 Å². The molecule has 1 N–H and O–H groups in total. The van der Waals surface area contributed by atoms with Crippen LogP contribution in [0.4, 0.5) is 4.39 Å². The summed E-state index contributed by atoms with van der Waals surface area (Å²) in [4.78, 5) is 15.7. The molecule has 6 nitrogen and oxygen atoms in total. The molecule has 0 aliphatic heterocycles. The zero-order valence-electron chi connectivity index (χ0n) is 17.6. The lowest BCUT2D eigenvalue weighted by molar-refractivity contribution is -0.139. The number of halogens is 1. The second-order valence-electron chi connectivity index (χ2n) is 8.12. The molecule has 1 saturated carbocycles. The standard InChI is InChI=1S/C25H22FN3O3/c1-15-19(13-16-3-7-18(8-4-16)29-12-2-11-27-29)24(17-5-6-17)28-25-20(26)9-10-21(23(15)25)32-14-22(30)31/h2-4,7-12,17H,5-6,13-14H2,1H3,(H,30,31). The molecule has 4 aromatic rings. The highest BCUT2D eigenvalue weighted by atomic mass is 19.1. The van der Waals surface area contributed by atoms with E-state index in [1.807, 2.05) is 31.3 Å². The molecule has 5 rings (SSSR count). The van der Waals surface area contributed by atoms with Gasteiger partial charge in [0.1, 0.15) is 17.1 Å².